The number of hydrogen-bond donors (Lipinski definition) is 1. The molecule has 0 aliphatic heterocycles. The highest BCUT2D eigenvalue weighted by Crippen LogP contribution is 2.34. The van der Waals surface area contributed by atoms with E-state index in [1.807, 2.05) is 18.2 Å². The van der Waals surface area contributed by atoms with Gasteiger partial charge in [0.2, 0.25) is 0 Å². The number of halogens is 2. The van der Waals surface area contributed by atoms with Crippen LogP contribution in [0.1, 0.15) is 23.6 Å². The van der Waals surface area contributed by atoms with Gasteiger partial charge in [-0.3, -0.25) is 0 Å². The van der Waals surface area contributed by atoms with E-state index >= 15 is 0 Å². The molecule has 1 unspecified atom stereocenters. The highest BCUT2D eigenvalue weighted by atomic mass is 79.9. The van der Waals surface area contributed by atoms with Crippen LogP contribution in [0.2, 0.25) is 0 Å². The third kappa shape index (κ3) is 2.25. The number of fused-ring (bicyclic) bond motifs is 1. The van der Waals surface area contributed by atoms with Crippen LogP contribution in [0.15, 0.2) is 41.1 Å². The van der Waals surface area contributed by atoms with Crippen LogP contribution in [0.25, 0.3) is 0 Å². The Bertz CT molecular complexity index is 569. The molecule has 0 amide bonds. The number of hydrogen-bond acceptors (Lipinski definition) is 2. The first-order valence-electron chi connectivity index (χ1n) is 5.89. The highest BCUT2D eigenvalue weighted by molar-refractivity contribution is 9.10. The lowest BCUT2D eigenvalue weighted by Gasteiger charge is -2.15. The average Bonchev–Trinajstić information content (AvgIpc) is 2.74. The van der Waals surface area contributed by atoms with Crippen LogP contribution < -0.4 is 5.32 Å². The van der Waals surface area contributed by atoms with Crippen LogP contribution in [0.5, 0.6) is 0 Å². The lowest BCUT2D eigenvalue weighted by molar-refractivity contribution is 0.626. The van der Waals surface area contributed by atoms with E-state index in [-0.39, 0.29) is 11.9 Å². The Hall–Kier alpha value is -1.42. The number of aromatic nitrogens is 1. The fourth-order valence-corrected chi connectivity index (χ4v) is 2.63. The third-order valence-electron chi connectivity index (χ3n) is 3.25. The van der Waals surface area contributed by atoms with Gasteiger partial charge >= 0.3 is 0 Å². The second-order valence-electron chi connectivity index (χ2n) is 4.45. The van der Waals surface area contributed by atoms with E-state index < -0.39 is 0 Å². The Morgan fingerprint density at radius 2 is 2.17 bits per heavy atom. The number of nitrogens with zero attached hydrogens (tertiary/aromatic N) is 1. The van der Waals surface area contributed by atoms with Crippen molar-refractivity contribution in [3.63, 3.8) is 0 Å². The molecule has 18 heavy (non-hydrogen) atoms. The van der Waals surface area contributed by atoms with Crippen molar-refractivity contribution in [2.24, 2.45) is 0 Å². The van der Waals surface area contributed by atoms with Crippen molar-refractivity contribution in [2.75, 3.05) is 5.32 Å². The molecule has 1 aromatic carbocycles. The number of rotatable bonds is 2. The first kappa shape index (κ1) is 11.7. The van der Waals surface area contributed by atoms with Gasteiger partial charge in [-0.2, -0.15) is 0 Å². The Morgan fingerprint density at radius 1 is 1.28 bits per heavy atom. The van der Waals surface area contributed by atoms with Gasteiger partial charge in [-0.1, -0.05) is 6.07 Å². The van der Waals surface area contributed by atoms with Crippen LogP contribution >= 0.6 is 15.9 Å². The summed E-state index contributed by atoms with van der Waals surface area (Å²) in [6.45, 7) is 0. The first-order chi connectivity index (χ1) is 8.72. The van der Waals surface area contributed by atoms with Gasteiger partial charge in [0.25, 0.3) is 0 Å². The van der Waals surface area contributed by atoms with Crippen molar-refractivity contribution in [1.82, 2.24) is 4.98 Å². The minimum absolute atomic E-state index is 0.153. The van der Waals surface area contributed by atoms with Crippen molar-refractivity contribution in [3.05, 3.63) is 58.1 Å². The zero-order valence-electron chi connectivity index (χ0n) is 9.66. The SMILES string of the molecule is Fc1ccc2c(c1)CCC2Nc1ccc(Br)nc1. The number of nitrogens with one attached hydrogen (secondary N) is 1. The van der Waals surface area contributed by atoms with Gasteiger partial charge in [-0.15, -0.1) is 0 Å². The van der Waals surface area contributed by atoms with Gasteiger partial charge in [-0.05, 0) is 64.2 Å². The van der Waals surface area contributed by atoms with Gasteiger partial charge in [0, 0.05) is 0 Å². The molecule has 0 fully saturated rings. The zero-order chi connectivity index (χ0) is 12.5. The summed E-state index contributed by atoms with van der Waals surface area (Å²) in [5, 5.41) is 3.44. The molecule has 4 heteroatoms. The molecule has 0 bridgehead atoms. The topological polar surface area (TPSA) is 24.9 Å². The Kier molecular flexibility index (Phi) is 3.04. The maximum atomic E-state index is 13.1. The monoisotopic (exact) mass is 306 g/mol. The van der Waals surface area contributed by atoms with Crippen LogP contribution in [-0.4, -0.2) is 4.98 Å². The smallest absolute Gasteiger partial charge is 0.123 e. The van der Waals surface area contributed by atoms with Crippen molar-refractivity contribution < 1.29 is 4.39 Å². The molecule has 1 aliphatic rings. The van der Waals surface area contributed by atoms with E-state index in [9.17, 15) is 4.39 Å². The van der Waals surface area contributed by atoms with Gasteiger partial charge < -0.3 is 5.32 Å². The fourth-order valence-electron chi connectivity index (χ4n) is 2.40. The number of pyridine rings is 1. The molecule has 0 saturated carbocycles. The maximum absolute atomic E-state index is 13.1. The van der Waals surface area contributed by atoms with E-state index in [1.165, 1.54) is 11.6 Å². The summed E-state index contributed by atoms with van der Waals surface area (Å²) >= 11 is 3.31. The van der Waals surface area contributed by atoms with E-state index in [0.717, 1.165) is 28.7 Å². The van der Waals surface area contributed by atoms with E-state index in [1.54, 1.807) is 12.3 Å². The van der Waals surface area contributed by atoms with E-state index in [4.69, 9.17) is 0 Å². The fraction of sp³-hybridized carbons (Fsp3) is 0.214. The molecule has 2 aromatic rings. The minimum Gasteiger partial charge on any atom is -0.377 e. The summed E-state index contributed by atoms with van der Waals surface area (Å²) in [7, 11) is 0. The van der Waals surface area contributed by atoms with Crippen LogP contribution in [-0.2, 0) is 6.42 Å². The molecule has 92 valence electrons. The van der Waals surface area contributed by atoms with E-state index in [2.05, 4.69) is 26.2 Å². The largest absolute Gasteiger partial charge is 0.377 e. The third-order valence-corrected chi connectivity index (χ3v) is 3.72. The van der Waals surface area contributed by atoms with Gasteiger partial charge in [0.15, 0.2) is 0 Å². The Labute approximate surface area is 113 Å². The predicted molar refractivity (Wildman–Crippen MR) is 73.0 cm³/mol. The zero-order valence-corrected chi connectivity index (χ0v) is 11.2. The summed E-state index contributed by atoms with van der Waals surface area (Å²) in [6, 6.07) is 9.18. The predicted octanol–water partition coefficient (Wildman–Crippen LogP) is 4.08. The molecule has 3 rings (SSSR count). The van der Waals surface area contributed by atoms with Crippen molar-refractivity contribution in [2.45, 2.75) is 18.9 Å². The van der Waals surface area contributed by atoms with Crippen LogP contribution in [0.3, 0.4) is 0 Å². The molecule has 1 heterocycles. The number of anilines is 1. The molecular weight excluding hydrogens is 295 g/mol. The van der Waals surface area contributed by atoms with E-state index in [0.29, 0.717) is 0 Å². The summed E-state index contributed by atoms with van der Waals surface area (Å²) in [6.07, 6.45) is 3.72. The minimum atomic E-state index is -0.153. The Balaban J connectivity index is 1.82. The number of aryl methyl sites for hydroxylation is 1. The highest BCUT2D eigenvalue weighted by Gasteiger charge is 2.22. The van der Waals surface area contributed by atoms with Crippen LogP contribution in [0, 0.1) is 5.82 Å². The summed E-state index contributed by atoms with van der Waals surface area (Å²) < 4.78 is 13.9. The molecule has 1 aromatic heterocycles. The van der Waals surface area contributed by atoms with Gasteiger partial charge in [0.1, 0.15) is 10.4 Å². The quantitative estimate of drug-likeness (QED) is 0.846. The molecule has 1 atom stereocenters. The van der Waals surface area contributed by atoms with Gasteiger partial charge in [-0.25, -0.2) is 9.37 Å². The lowest BCUT2D eigenvalue weighted by Crippen LogP contribution is -2.07. The summed E-state index contributed by atoms with van der Waals surface area (Å²) in [5.74, 6) is -0.153. The lowest BCUT2D eigenvalue weighted by atomic mass is 10.1. The molecule has 0 radical (unpaired) electrons. The summed E-state index contributed by atoms with van der Waals surface area (Å²) in [5.41, 5.74) is 3.29. The second kappa shape index (κ2) is 4.69. The van der Waals surface area contributed by atoms with Crippen LogP contribution in [0.4, 0.5) is 10.1 Å². The molecule has 2 nitrogen and oxygen atoms in total. The molecule has 0 saturated heterocycles. The molecule has 0 spiro atoms. The standard InChI is InChI=1S/C14H12BrFN2/c15-14-6-3-11(8-17-14)18-13-5-1-9-7-10(16)2-4-12(9)13/h2-4,6-8,13,18H,1,5H2. The van der Waals surface area contributed by atoms with Crippen molar-refractivity contribution in [1.29, 1.82) is 0 Å². The first-order valence-corrected chi connectivity index (χ1v) is 6.68. The number of benzene rings is 1. The van der Waals surface area contributed by atoms with Crippen molar-refractivity contribution >= 4 is 21.6 Å². The maximum Gasteiger partial charge on any atom is 0.123 e. The summed E-state index contributed by atoms with van der Waals surface area (Å²) in [4.78, 5) is 4.19. The molecule has 1 N–H and O–H groups in total. The normalized spacial score (nSPS) is 17.6. The van der Waals surface area contributed by atoms with Gasteiger partial charge in [0.05, 0.1) is 17.9 Å². The molecular formula is C14H12BrFN2. The Morgan fingerprint density at radius 3 is 2.94 bits per heavy atom. The molecule has 1 aliphatic carbocycles. The van der Waals surface area contributed by atoms with Crippen molar-refractivity contribution in [3.8, 4) is 0 Å². The average molecular weight is 307 g/mol. The second-order valence-corrected chi connectivity index (χ2v) is 5.26.